The summed E-state index contributed by atoms with van der Waals surface area (Å²) in [4.78, 5) is 0. The van der Waals surface area contributed by atoms with Crippen molar-refractivity contribution in [3.63, 3.8) is 0 Å². The molecule has 0 aliphatic heterocycles. The lowest BCUT2D eigenvalue weighted by Gasteiger charge is -2.12. The third kappa shape index (κ3) is 3.50. The topological polar surface area (TPSA) is 64.7 Å². The Hall–Kier alpha value is -2.04. The molecule has 0 aliphatic rings. The zero-order valence-corrected chi connectivity index (χ0v) is 11.5. The lowest BCUT2D eigenvalue weighted by atomic mass is 10.1. The van der Waals surface area contributed by atoms with E-state index in [4.69, 9.17) is 20.3 Å². The van der Waals surface area contributed by atoms with Crippen LogP contribution < -0.4 is 15.2 Å². The van der Waals surface area contributed by atoms with Crippen molar-refractivity contribution in [2.45, 2.75) is 19.8 Å². The summed E-state index contributed by atoms with van der Waals surface area (Å²) < 4.78 is 11.1. The molecule has 0 atom stereocenters. The first-order valence-electron chi connectivity index (χ1n) is 6.45. The number of nitrogens with two attached hydrogens (primary N) is 1. The minimum Gasteiger partial charge on any atom is -0.493 e. The van der Waals surface area contributed by atoms with Gasteiger partial charge in [-0.25, -0.2) is 0 Å². The van der Waals surface area contributed by atoms with Crippen molar-refractivity contribution >= 4 is 0 Å². The first-order chi connectivity index (χ1) is 9.76. The summed E-state index contributed by atoms with van der Waals surface area (Å²) in [6.45, 7) is 0.954. The Morgan fingerprint density at radius 1 is 0.950 bits per heavy atom. The molecule has 3 N–H and O–H groups in total. The molecular formula is C16H19NO3. The van der Waals surface area contributed by atoms with Gasteiger partial charge in [-0.05, 0) is 28.8 Å². The second-order valence-corrected chi connectivity index (χ2v) is 4.45. The van der Waals surface area contributed by atoms with Crippen molar-refractivity contribution in [1.82, 2.24) is 0 Å². The summed E-state index contributed by atoms with van der Waals surface area (Å²) in [6, 6.07) is 13.3. The Labute approximate surface area is 118 Å². The van der Waals surface area contributed by atoms with Crippen molar-refractivity contribution in [1.29, 1.82) is 0 Å². The van der Waals surface area contributed by atoms with E-state index in [1.807, 2.05) is 42.5 Å². The van der Waals surface area contributed by atoms with E-state index in [9.17, 15) is 0 Å². The maximum Gasteiger partial charge on any atom is 0.161 e. The largest absolute Gasteiger partial charge is 0.493 e. The first kappa shape index (κ1) is 14.4. The molecule has 0 fully saturated rings. The van der Waals surface area contributed by atoms with Crippen LogP contribution in [0.4, 0.5) is 0 Å². The average Bonchev–Trinajstić information content (AvgIpc) is 2.53. The van der Waals surface area contributed by atoms with E-state index in [2.05, 4.69) is 0 Å². The molecule has 0 amide bonds. The predicted octanol–water partition coefficient (Wildman–Crippen LogP) is 2.23. The van der Waals surface area contributed by atoms with Gasteiger partial charge < -0.3 is 20.3 Å². The molecule has 0 heterocycles. The number of aliphatic hydroxyl groups excluding tert-OH is 1. The van der Waals surface area contributed by atoms with Gasteiger partial charge in [0.1, 0.15) is 6.61 Å². The molecule has 20 heavy (non-hydrogen) atoms. The molecule has 2 rings (SSSR count). The Kier molecular flexibility index (Phi) is 4.98. The SMILES string of the molecule is COc1ccc(CN)cc1OCc1ccc(CO)cc1. The van der Waals surface area contributed by atoms with E-state index in [0.29, 0.717) is 24.7 Å². The van der Waals surface area contributed by atoms with Gasteiger partial charge in [0.25, 0.3) is 0 Å². The minimum absolute atomic E-state index is 0.0491. The average molecular weight is 273 g/mol. The molecule has 4 nitrogen and oxygen atoms in total. The number of benzene rings is 2. The third-order valence-corrected chi connectivity index (χ3v) is 3.06. The number of hydrogen-bond acceptors (Lipinski definition) is 4. The lowest BCUT2D eigenvalue weighted by Crippen LogP contribution is -2.01. The Morgan fingerprint density at radius 2 is 1.60 bits per heavy atom. The van der Waals surface area contributed by atoms with E-state index >= 15 is 0 Å². The highest BCUT2D eigenvalue weighted by atomic mass is 16.5. The van der Waals surface area contributed by atoms with Crippen LogP contribution in [-0.2, 0) is 19.8 Å². The van der Waals surface area contributed by atoms with E-state index in [1.54, 1.807) is 7.11 Å². The van der Waals surface area contributed by atoms with Crippen LogP contribution in [0.3, 0.4) is 0 Å². The maximum absolute atomic E-state index is 9.00. The van der Waals surface area contributed by atoms with Crippen molar-refractivity contribution in [3.05, 3.63) is 59.2 Å². The molecule has 4 heteroatoms. The van der Waals surface area contributed by atoms with Gasteiger partial charge in [0.15, 0.2) is 11.5 Å². The highest BCUT2D eigenvalue weighted by Gasteiger charge is 2.05. The molecule has 0 spiro atoms. The minimum atomic E-state index is 0.0491. The van der Waals surface area contributed by atoms with Crippen molar-refractivity contribution < 1.29 is 14.6 Å². The van der Waals surface area contributed by atoms with E-state index in [1.165, 1.54) is 0 Å². The number of hydrogen-bond donors (Lipinski definition) is 2. The number of ether oxygens (including phenoxy) is 2. The summed E-state index contributed by atoms with van der Waals surface area (Å²) in [6.07, 6.45) is 0. The Balaban J connectivity index is 2.08. The van der Waals surface area contributed by atoms with Crippen LogP contribution in [0, 0.1) is 0 Å². The smallest absolute Gasteiger partial charge is 0.161 e. The van der Waals surface area contributed by atoms with E-state index in [-0.39, 0.29) is 6.61 Å². The van der Waals surface area contributed by atoms with Gasteiger partial charge in [-0.3, -0.25) is 0 Å². The molecular weight excluding hydrogens is 254 g/mol. The first-order valence-corrected chi connectivity index (χ1v) is 6.45. The van der Waals surface area contributed by atoms with Gasteiger partial charge in [0.05, 0.1) is 13.7 Å². The molecule has 0 saturated carbocycles. The van der Waals surface area contributed by atoms with Gasteiger partial charge in [0.2, 0.25) is 0 Å². The van der Waals surface area contributed by atoms with Crippen LogP contribution in [0.15, 0.2) is 42.5 Å². The van der Waals surface area contributed by atoms with Gasteiger partial charge in [-0.2, -0.15) is 0 Å². The summed E-state index contributed by atoms with van der Waals surface area (Å²) in [7, 11) is 1.61. The molecule has 2 aromatic rings. The van der Waals surface area contributed by atoms with Gasteiger partial charge in [0, 0.05) is 6.54 Å². The Morgan fingerprint density at radius 3 is 2.20 bits per heavy atom. The molecule has 0 unspecified atom stereocenters. The van der Waals surface area contributed by atoms with Crippen LogP contribution in [0.25, 0.3) is 0 Å². The van der Waals surface area contributed by atoms with Gasteiger partial charge >= 0.3 is 0 Å². The highest BCUT2D eigenvalue weighted by molar-refractivity contribution is 5.43. The van der Waals surface area contributed by atoms with Gasteiger partial charge in [-0.15, -0.1) is 0 Å². The van der Waals surface area contributed by atoms with Crippen molar-refractivity contribution in [2.24, 2.45) is 5.73 Å². The Bertz CT molecular complexity index is 552. The molecule has 2 aromatic carbocycles. The molecule has 0 bridgehead atoms. The number of rotatable bonds is 6. The molecule has 0 aromatic heterocycles. The molecule has 0 saturated heterocycles. The molecule has 0 radical (unpaired) electrons. The fraction of sp³-hybridized carbons (Fsp3) is 0.250. The van der Waals surface area contributed by atoms with E-state index in [0.717, 1.165) is 16.7 Å². The zero-order valence-electron chi connectivity index (χ0n) is 11.5. The van der Waals surface area contributed by atoms with Crippen molar-refractivity contribution in [3.8, 4) is 11.5 Å². The second kappa shape index (κ2) is 6.93. The monoisotopic (exact) mass is 273 g/mol. The quantitative estimate of drug-likeness (QED) is 0.847. The summed E-state index contributed by atoms with van der Waals surface area (Å²) >= 11 is 0. The highest BCUT2D eigenvalue weighted by Crippen LogP contribution is 2.28. The van der Waals surface area contributed by atoms with Crippen LogP contribution in [-0.4, -0.2) is 12.2 Å². The van der Waals surface area contributed by atoms with Gasteiger partial charge in [-0.1, -0.05) is 30.3 Å². The third-order valence-electron chi connectivity index (χ3n) is 3.06. The molecule has 106 valence electrons. The number of methoxy groups -OCH3 is 1. The fourth-order valence-electron chi connectivity index (χ4n) is 1.86. The fourth-order valence-corrected chi connectivity index (χ4v) is 1.86. The number of aliphatic hydroxyl groups is 1. The van der Waals surface area contributed by atoms with E-state index < -0.39 is 0 Å². The van der Waals surface area contributed by atoms with Crippen LogP contribution >= 0.6 is 0 Å². The maximum atomic E-state index is 9.00. The summed E-state index contributed by atoms with van der Waals surface area (Å²) in [5.74, 6) is 1.37. The summed E-state index contributed by atoms with van der Waals surface area (Å²) in [5.41, 5.74) is 8.54. The van der Waals surface area contributed by atoms with Crippen LogP contribution in [0.5, 0.6) is 11.5 Å². The van der Waals surface area contributed by atoms with Crippen molar-refractivity contribution in [2.75, 3.05) is 7.11 Å². The normalized spacial score (nSPS) is 10.3. The standard InChI is InChI=1S/C16H19NO3/c1-19-15-7-6-14(9-17)8-16(15)20-11-13-4-2-12(10-18)3-5-13/h2-8,18H,9-11,17H2,1H3. The zero-order chi connectivity index (χ0) is 14.4. The summed E-state index contributed by atoms with van der Waals surface area (Å²) in [5, 5.41) is 9.00. The predicted molar refractivity (Wildman–Crippen MR) is 77.6 cm³/mol. The van der Waals surface area contributed by atoms with Crippen LogP contribution in [0.1, 0.15) is 16.7 Å². The van der Waals surface area contributed by atoms with Crippen LogP contribution in [0.2, 0.25) is 0 Å². The molecule has 0 aliphatic carbocycles. The lowest BCUT2D eigenvalue weighted by molar-refractivity contribution is 0.279. The second-order valence-electron chi connectivity index (χ2n) is 4.45.